The van der Waals surface area contributed by atoms with Gasteiger partial charge in [-0.1, -0.05) is 17.7 Å². The van der Waals surface area contributed by atoms with Gasteiger partial charge in [0.05, 0.1) is 38.3 Å². The van der Waals surface area contributed by atoms with Crippen LogP contribution < -0.4 is 14.4 Å². The Morgan fingerprint density at radius 1 is 1.00 bits per heavy atom. The van der Waals surface area contributed by atoms with E-state index in [0.717, 1.165) is 5.56 Å². The number of sulfone groups is 1. The van der Waals surface area contributed by atoms with Crippen molar-refractivity contribution in [1.29, 1.82) is 0 Å². The summed E-state index contributed by atoms with van der Waals surface area (Å²) in [5.74, 6) is 1.22. The molecule has 166 valence electrons. The van der Waals surface area contributed by atoms with E-state index in [1.54, 1.807) is 43.4 Å². The van der Waals surface area contributed by atoms with Crippen LogP contribution in [0.5, 0.6) is 11.5 Å². The number of rotatable bonds is 6. The molecule has 0 N–H and O–H groups in total. The predicted octanol–water partition coefficient (Wildman–Crippen LogP) is 2.41. The van der Waals surface area contributed by atoms with Crippen LogP contribution in [0.15, 0.2) is 42.5 Å². The van der Waals surface area contributed by atoms with Crippen molar-refractivity contribution in [1.82, 2.24) is 4.90 Å². The molecule has 0 aromatic heterocycles. The minimum atomic E-state index is -3.24. The van der Waals surface area contributed by atoms with Crippen molar-refractivity contribution in [2.45, 2.75) is 18.5 Å². The van der Waals surface area contributed by atoms with Crippen LogP contribution >= 0.6 is 11.6 Å². The maximum atomic E-state index is 13.1. The lowest BCUT2D eigenvalue weighted by Gasteiger charge is -2.43. The molecule has 2 aliphatic heterocycles. The summed E-state index contributed by atoms with van der Waals surface area (Å²) >= 11 is 5.98. The lowest BCUT2D eigenvalue weighted by atomic mass is 10.0. The van der Waals surface area contributed by atoms with Crippen molar-refractivity contribution >= 4 is 33.0 Å². The number of piperazine rings is 1. The molecule has 0 aliphatic carbocycles. The highest BCUT2D eigenvalue weighted by Gasteiger charge is 2.49. The van der Waals surface area contributed by atoms with Crippen molar-refractivity contribution in [3.05, 3.63) is 53.1 Å². The molecule has 7 nitrogen and oxygen atoms in total. The number of methoxy groups -OCH3 is 2. The van der Waals surface area contributed by atoms with Crippen LogP contribution in [0.1, 0.15) is 5.56 Å². The second-order valence-corrected chi connectivity index (χ2v) is 10.5. The van der Waals surface area contributed by atoms with Crippen LogP contribution in [0.3, 0.4) is 0 Å². The van der Waals surface area contributed by atoms with Gasteiger partial charge in [0.2, 0.25) is 5.91 Å². The molecular formula is C22H25ClN2O5S. The molecule has 2 fully saturated rings. The summed E-state index contributed by atoms with van der Waals surface area (Å²) in [6.07, 6.45) is 0.665. The zero-order valence-electron chi connectivity index (χ0n) is 17.5. The van der Waals surface area contributed by atoms with Gasteiger partial charge < -0.3 is 14.4 Å². The largest absolute Gasteiger partial charge is 0.493 e. The quantitative estimate of drug-likeness (QED) is 0.653. The summed E-state index contributed by atoms with van der Waals surface area (Å²) in [5, 5.41) is 0.570. The third-order valence-corrected chi connectivity index (χ3v) is 7.89. The zero-order chi connectivity index (χ0) is 22.2. The Bertz CT molecular complexity index is 1070. The number of ether oxygens (including phenoxy) is 2. The van der Waals surface area contributed by atoms with E-state index in [1.807, 2.05) is 23.1 Å². The average Bonchev–Trinajstić information content (AvgIpc) is 3.07. The molecule has 4 rings (SSSR count). The van der Waals surface area contributed by atoms with E-state index >= 15 is 0 Å². The first-order valence-corrected chi connectivity index (χ1v) is 12.2. The maximum Gasteiger partial charge on any atom is 0.241 e. The minimum Gasteiger partial charge on any atom is -0.493 e. The van der Waals surface area contributed by atoms with Crippen molar-refractivity contribution in [2.75, 3.05) is 43.7 Å². The Hall–Kier alpha value is -2.29. The highest BCUT2D eigenvalue weighted by Crippen LogP contribution is 2.33. The maximum absolute atomic E-state index is 13.1. The van der Waals surface area contributed by atoms with Gasteiger partial charge in [-0.25, -0.2) is 8.42 Å². The summed E-state index contributed by atoms with van der Waals surface area (Å²) in [4.78, 5) is 16.7. The van der Waals surface area contributed by atoms with Crippen molar-refractivity contribution in [3.63, 3.8) is 0 Å². The molecule has 9 heteroatoms. The van der Waals surface area contributed by atoms with Gasteiger partial charge in [-0.05, 0) is 48.4 Å². The molecule has 2 atom stereocenters. The van der Waals surface area contributed by atoms with Gasteiger partial charge in [0.25, 0.3) is 0 Å². The summed E-state index contributed by atoms with van der Waals surface area (Å²) in [6.45, 7) is 0.749. The van der Waals surface area contributed by atoms with Gasteiger partial charge in [0, 0.05) is 23.3 Å². The highest BCUT2D eigenvalue weighted by molar-refractivity contribution is 7.91. The fourth-order valence-electron chi connectivity index (χ4n) is 4.45. The van der Waals surface area contributed by atoms with Gasteiger partial charge in [-0.15, -0.1) is 0 Å². The second kappa shape index (κ2) is 8.68. The van der Waals surface area contributed by atoms with Crippen LogP contribution in [0, 0.1) is 0 Å². The Kier molecular flexibility index (Phi) is 6.14. The van der Waals surface area contributed by atoms with Gasteiger partial charge in [-0.2, -0.15) is 0 Å². The number of amides is 1. The fourth-order valence-corrected chi connectivity index (χ4v) is 6.56. The monoisotopic (exact) mass is 464 g/mol. The molecular weight excluding hydrogens is 440 g/mol. The number of hydrogen-bond acceptors (Lipinski definition) is 6. The second-order valence-electron chi connectivity index (χ2n) is 7.86. The Morgan fingerprint density at radius 3 is 2.35 bits per heavy atom. The predicted molar refractivity (Wildman–Crippen MR) is 120 cm³/mol. The molecule has 1 amide bonds. The van der Waals surface area contributed by atoms with Crippen LogP contribution in [-0.4, -0.2) is 70.1 Å². The lowest BCUT2D eigenvalue weighted by molar-refractivity contribution is -0.123. The van der Waals surface area contributed by atoms with Crippen molar-refractivity contribution in [3.8, 4) is 11.5 Å². The van der Waals surface area contributed by atoms with Crippen LogP contribution in [0.4, 0.5) is 5.69 Å². The van der Waals surface area contributed by atoms with Crippen LogP contribution in [0.2, 0.25) is 5.02 Å². The smallest absolute Gasteiger partial charge is 0.241 e. The summed E-state index contributed by atoms with van der Waals surface area (Å²) in [5.41, 5.74) is 1.71. The van der Waals surface area contributed by atoms with E-state index in [4.69, 9.17) is 21.1 Å². The molecule has 31 heavy (non-hydrogen) atoms. The highest BCUT2D eigenvalue weighted by atomic mass is 35.5. The van der Waals surface area contributed by atoms with Gasteiger partial charge in [0.1, 0.15) is 0 Å². The lowest BCUT2D eigenvalue weighted by Crippen LogP contribution is -2.62. The molecule has 0 radical (unpaired) electrons. The number of carbonyl (C=O) groups is 1. The molecule has 2 saturated heterocycles. The SMILES string of the molecule is COc1ccc(CCN2CC(=O)N(c3ccc(Cl)cc3)[C@H]3CS(=O)(=O)C[C@@H]32)cc1OC. The molecule has 0 bridgehead atoms. The van der Waals surface area contributed by atoms with Crippen molar-refractivity contribution < 1.29 is 22.7 Å². The van der Waals surface area contributed by atoms with Crippen LogP contribution in [-0.2, 0) is 21.1 Å². The molecule has 2 aromatic rings. The third kappa shape index (κ3) is 4.51. The fraction of sp³-hybridized carbons (Fsp3) is 0.409. The van der Waals surface area contributed by atoms with E-state index in [0.29, 0.717) is 35.2 Å². The molecule has 2 aliphatic rings. The first-order valence-electron chi connectivity index (χ1n) is 10.0. The van der Waals surface area contributed by atoms with E-state index in [1.165, 1.54) is 0 Å². The molecule has 2 heterocycles. The summed E-state index contributed by atoms with van der Waals surface area (Å²) in [6, 6.07) is 12.0. The van der Waals surface area contributed by atoms with E-state index < -0.39 is 15.9 Å². The topological polar surface area (TPSA) is 76.2 Å². The summed E-state index contributed by atoms with van der Waals surface area (Å²) < 4.78 is 35.6. The number of fused-ring (bicyclic) bond motifs is 1. The number of benzene rings is 2. The first-order chi connectivity index (χ1) is 14.8. The van der Waals surface area contributed by atoms with E-state index in [-0.39, 0.29) is 30.0 Å². The van der Waals surface area contributed by atoms with Gasteiger partial charge in [-0.3, -0.25) is 9.69 Å². The molecule has 0 unspecified atom stereocenters. The van der Waals surface area contributed by atoms with Crippen molar-refractivity contribution in [2.24, 2.45) is 0 Å². The number of halogens is 1. The Morgan fingerprint density at radius 2 is 1.68 bits per heavy atom. The number of anilines is 1. The number of nitrogens with zero attached hydrogens (tertiary/aromatic N) is 2. The Labute approximate surface area is 187 Å². The first kappa shape index (κ1) is 21.9. The van der Waals surface area contributed by atoms with E-state index in [9.17, 15) is 13.2 Å². The third-order valence-electron chi connectivity index (χ3n) is 5.94. The molecule has 2 aromatic carbocycles. The zero-order valence-corrected chi connectivity index (χ0v) is 19.0. The Balaban J connectivity index is 1.55. The van der Waals surface area contributed by atoms with Crippen LogP contribution in [0.25, 0.3) is 0 Å². The van der Waals surface area contributed by atoms with Gasteiger partial charge in [0.15, 0.2) is 21.3 Å². The molecule has 0 saturated carbocycles. The number of carbonyl (C=O) groups excluding carboxylic acids is 1. The standard InChI is InChI=1S/C22H25ClN2O5S/c1-29-20-8-3-15(11-21(20)30-2)9-10-24-12-22(26)25(17-6-4-16(23)5-7-17)19-14-31(27,28)13-18(19)24/h3-8,11,18-19H,9-10,12-14H2,1-2H3/t18-,19-/m0/s1. The number of hydrogen-bond donors (Lipinski definition) is 0. The van der Waals surface area contributed by atoms with E-state index in [2.05, 4.69) is 0 Å². The summed E-state index contributed by atoms with van der Waals surface area (Å²) in [7, 11) is -0.0602. The minimum absolute atomic E-state index is 0.0289. The average molecular weight is 465 g/mol. The molecule has 0 spiro atoms. The van der Waals surface area contributed by atoms with Gasteiger partial charge >= 0.3 is 0 Å². The normalized spacial score (nSPS) is 22.9.